The zero-order valence-corrected chi connectivity index (χ0v) is 21.2. The van der Waals surface area contributed by atoms with Gasteiger partial charge in [-0.2, -0.15) is 5.10 Å². The van der Waals surface area contributed by atoms with Crippen molar-refractivity contribution in [2.24, 2.45) is 5.10 Å². The van der Waals surface area contributed by atoms with Gasteiger partial charge in [-0.05, 0) is 78.4 Å². The molecule has 0 saturated carbocycles. The Balaban J connectivity index is 1.19. The van der Waals surface area contributed by atoms with Crippen molar-refractivity contribution < 1.29 is 23.9 Å². The third-order valence-corrected chi connectivity index (χ3v) is 5.40. The number of ether oxygens (including phenoxy) is 2. The standard InChI is InChI=1S/C29H23ClN4O5/c30-25-8-4-5-9-26(25)33-27(35)19-38-22-14-10-20(11-15-22)18-31-34-29(37)28(36)32-21-12-16-24(17-13-21)39-23-6-2-1-3-7-23/h1-18H,19H2,(H,32,36)(H,33,35)(H,34,37)/b31-18-. The molecule has 0 fully saturated rings. The monoisotopic (exact) mass is 542 g/mol. The summed E-state index contributed by atoms with van der Waals surface area (Å²) in [5.41, 5.74) is 3.74. The molecule has 0 unspecified atom stereocenters. The van der Waals surface area contributed by atoms with Gasteiger partial charge in [-0.1, -0.05) is 41.9 Å². The molecule has 9 nitrogen and oxygen atoms in total. The lowest BCUT2D eigenvalue weighted by molar-refractivity contribution is -0.136. The number of hydrazone groups is 1. The quantitative estimate of drug-likeness (QED) is 0.152. The van der Waals surface area contributed by atoms with Crippen molar-refractivity contribution in [2.45, 2.75) is 0 Å². The summed E-state index contributed by atoms with van der Waals surface area (Å²) in [6, 6.07) is 29.4. The first-order valence-corrected chi connectivity index (χ1v) is 12.1. The number of benzene rings is 4. The van der Waals surface area contributed by atoms with E-state index < -0.39 is 11.8 Å². The van der Waals surface area contributed by atoms with Gasteiger partial charge in [-0.15, -0.1) is 0 Å². The highest BCUT2D eigenvalue weighted by molar-refractivity contribution is 6.39. The van der Waals surface area contributed by atoms with Crippen LogP contribution in [0.15, 0.2) is 108 Å². The van der Waals surface area contributed by atoms with Gasteiger partial charge in [0.05, 0.1) is 16.9 Å². The average Bonchev–Trinajstić information content (AvgIpc) is 2.95. The number of amides is 3. The number of carbonyl (C=O) groups is 3. The molecule has 196 valence electrons. The van der Waals surface area contributed by atoms with Crippen molar-refractivity contribution in [1.29, 1.82) is 0 Å². The van der Waals surface area contributed by atoms with Crippen LogP contribution < -0.4 is 25.5 Å². The third kappa shape index (κ3) is 8.44. The molecule has 4 aromatic rings. The Morgan fingerprint density at radius 1 is 0.718 bits per heavy atom. The first-order valence-electron chi connectivity index (χ1n) is 11.7. The Labute approximate surface area is 229 Å². The number of anilines is 2. The average molecular weight is 543 g/mol. The number of nitrogens with zero attached hydrogens (tertiary/aromatic N) is 1. The number of rotatable bonds is 9. The fraction of sp³-hybridized carbons (Fsp3) is 0.0345. The molecule has 0 aliphatic carbocycles. The van der Waals surface area contributed by atoms with Crippen LogP contribution in [-0.2, 0) is 14.4 Å². The summed E-state index contributed by atoms with van der Waals surface area (Å²) >= 11 is 6.03. The maximum absolute atomic E-state index is 12.2. The van der Waals surface area contributed by atoms with Gasteiger partial charge in [0.2, 0.25) is 0 Å². The second-order valence-electron chi connectivity index (χ2n) is 7.98. The zero-order chi connectivity index (χ0) is 27.5. The van der Waals surface area contributed by atoms with E-state index in [1.165, 1.54) is 6.21 Å². The number of nitrogens with one attached hydrogen (secondary N) is 3. The SMILES string of the molecule is O=C(COc1ccc(/C=N\NC(=O)C(=O)Nc2ccc(Oc3ccccc3)cc2)cc1)Nc1ccccc1Cl. The molecule has 0 bridgehead atoms. The van der Waals surface area contributed by atoms with Crippen molar-refractivity contribution in [3.8, 4) is 17.2 Å². The van der Waals surface area contributed by atoms with Gasteiger partial charge in [0, 0.05) is 5.69 Å². The Morgan fingerprint density at radius 3 is 2.08 bits per heavy atom. The minimum Gasteiger partial charge on any atom is -0.484 e. The van der Waals surface area contributed by atoms with Crippen LogP contribution in [0.5, 0.6) is 17.2 Å². The molecule has 3 amide bonds. The van der Waals surface area contributed by atoms with Crippen molar-refractivity contribution in [1.82, 2.24) is 5.43 Å². The molecular weight excluding hydrogens is 520 g/mol. The van der Waals surface area contributed by atoms with Crippen LogP contribution in [0.4, 0.5) is 11.4 Å². The number of hydrogen-bond acceptors (Lipinski definition) is 6. The Morgan fingerprint density at radius 2 is 1.36 bits per heavy atom. The van der Waals surface area contributed by atoms with Gasteiger partial charge in [-0.25, -0.2) is 5.43 Å². The van der Waals surface area contributed by atoms with Crippen molar-refractivity contribution in [3.05, 3.63) is 114 Å². The van der Waals surface area contributed by atoms with Gasteiger partial charge in [0.25, 0.3) is 5.91 Å². The van der Waals surface area contributed by atoms with E-state index in [0.29, 0.717) is 39.2 Å². The number of hydrogen-bond donors (Lipinski definition) is 3. The summed E-state index contributed by atoms with van der Waals surface area (Å²) in [5.74, 6) is -0.421. The van der Waals surface area contributed by atoms with Crippen LogP contribution in [0.25, 0.3) is 0 Å². The van der Waals surface area contributed by atoms with Gasteiger partial charge in [0.15, 0.2) is 6.61 Å². The van der Waals surface area contributed by atoms with E-state index >= 15 is 0 Å². The first kappa shape index (κ1) is 26.9. The van der Waals surface area contributed by atoms with E-state index in [9.17, 15) is 14.4 Å². The summed E-state index contributed by atoms with van der Waals surface area (Å²) < 4.78 is 11.2. The van der Waals surface area contributed by atoms with Crippen LogP contribution in [0.1, 0.15) is 5.56 Å². The van der Waals surface area contributed by atoms with Crippen molar-refractivity contribution in [3.63, 3.8) is 0 Å². The third-order valence-electron chi connectivity index (χ3n) is 5.08. The van der Waals surface area contributed by atoms with Gasteiger partial charge < -0.3 is 20.1 Å². The fourth-order valence-electron chi connectivity index (χ4n) is 3.18. The van der Waals surface area contributed by atoms with E-state index in [4.69, 9.17) is 21.1 Å². The highest BCUT2D eigenvalue weighted by atomic mass is 35.5. The van der Waals surface area contributed by atoms with Crippen LogP contribution >= 0.6 is 11.6 Å². The molecule has 4 rings (SSSR count). The lowest BCUT2D eigenvalue weighted by atomic mass is 10.2. The molecule has 0 aliphatic rings. The molecule has 0 atom stereocenters. The van der Waals surface area contributed by atoms with E-state index in [1.54, 1.807) is 72.8 Å². The number of para-hydroxylation sites is 2. The maximum atomic E-state index is 12.2. The van der Waals surface area contributed by atoms with E-state index in [-0.39, 0.29) is 12.5 Å². The lowest BCUT2D eigenvalue weighted by Crippen LogP contribution is -2.32. The molecule has 0 aliphatic heterocycles. The van der Waals surface area contributed by atoms with E-state index in [1.807, 2.05) is 30.3 Å². The summed E-state index contributed by atoms with van der Waals surface area (Å²) in [7, 11) is 0. The molecule has 0 radical (unpaired) electrons. The lowest BCUT2D eigenvalue weighted by Gasteiger charge is -2.08. The van der Waals surface area contributed by atoms with Gasteiger partial charge in [0.1, 0.15) is 17.2 Å². The molecule has 0 spiro atoms. The number of carbonyl (C=O) groups excluding carboxylic acids is 3. The molecule has 0 saturated heterocycles. The predicted molar refractivity (Wildman–Crippen MR) is 149 cm³/mol. The maximum Gasteiger partial charge on any atom is 0.329 e. The van der Waals surface area contributed by atoms with Crippen LogP contribution in [0.2, 0.25) is 5.02 Å². The molecule has 0 aromatic heterocycles. The topological polar surface area (TPSA) is 118 Å². The molecule has 10 heteroatoms. The highest BCUT2D eigenvalue weighted by Crippen LogP contribution is 2.23. The summed E-state index contributed by atoms with van der Waals surface area (Å²) in [6.07, 6.45) is 1.37. The smallest absolute Gasteiger partial charge is 0.329 e. The van der Waals surface area contributed by atoms with Crippen LogP contribution in [0.3, 0.4) is 0 Å². The van der Waals surface area contributed by atoms with Crippen LogP contribution in [0, 0.1) is 0 Å². The highest BCUT2D eigenvalue weighted by Gasteiger charge is 2.13. The normalized spacial score (nSPS) is 10.5. The Kier molecular flexibility index (Phi) is 9.25. The first-order chi connectivity index (χ1) is 19.0. The van der Waals surface area contributed by atoms with E-state index in [0.717, 1.165) is 0 Å². The summed E-state index contributed by atoms with van der Waals surface area (Å²) in [6.45, 7) is -0.202. The molecule has 39 heavy (non-hydrogen) atoms. The molecule has 4 aromatic carbocycles. The molecule has 0 heterocycles. The van der Waals surface area contributed by atoms with Gasteiger partial charge >= 0.3 is 11.8 Å². The minimum atomic E-state index is -0.930. The van der Waals surface area contributed by atoms with E-state index in [2.05, 4.69) is 21.2 Å². The zero-order valence-electron chi connectivity index (χ0n) is 20.5. The summed E-state index contributed by atoms with van der Waals surface area (Å²) in [5, 5.41) is 9.40. The minimum absolute atomic E-state index is 0.202. The molecular formula is C29H23ClN4O5. The Bertz CT molecular complexity index is 1460. The number of halogens is 1. The van der Waals surface area contributed by atoms with Crippen molar-refractivity contribution >= 4 is 46.9 Å². The Hall–Kier alpha value is -5.15. The largest absolute Gasteiger partial charge is 0.484 e. The second-order valence-corrected chi connectivity index (χ2v) is 8.39. The second kappa shape index (κ2) is 13.4. The van der Waals surface area contributed by atoms with Crippen LogP contribution in [-0.4, -0.2) is 30.5 Å². The summed E-state index contributed by atoms with van der Waals surface area (Å²) in [4.78, 5) is 36.3. The fourth-order valence-corrected chi connectivity index (χ4v) is 3.37. The van der Waals surface area contributed by atoms with Gasteiger partial charge in [-0.3, -0.25) is 14.4 Å². The molecule has 3 N–H and O–H groups in total. The predicted octanol–water partition coefficient (Wildman–Crippen LogP) is 5.24. The van der Waals surface area contributed by atoms with Crippen molar-refractivity contribution in [2.75, 3.05) is 17.2 Å².